The van der Waals surface area contributed by atoms with E-state index in [9.17, 15) is 9.59 Å². The standard InChI is InChI=1S/C24H21ClN2O3S/c25-18-9-10-21-20(12-18)27-24(29)22(31-21)13-23(28)26-14-17-7-4-8-19(11-17)30-15-16-5-2-1-3-6-16/h1-12,22H,13-15H2,(H,26,28)(H,27,29). The Balaban J connectivity index is 1.29. The highest BCUT2D eigenvalue weighted by molar-refractivity contribution is 8.01. The number of thioether (sulfide) groups is 1. The molecular formula is C24H21ClN2O3S. The van der Waals surface area contributed by atoms with Crippen molar-refractivity contribution in [3.63, 3.8) is 0 Å². The summed E-state index contributed by atoms with van der Waals surface area (Å²) in [5.41, 5.74) is 2.71. The number of hydrogen-bond donors (Lipinski definition) is 2. The second-order valence-corrected chi connectivity index (χ2v) is 8.82. The summed E-state index contributed by atoms with van der Waals surface area (Å²) in [6, 6.07) is 22.9. The van der Waals surface area contributed by atoms with E-state index in [1.54, 1.807) is 12.1 Å². The van der Waals surface area contributed by atoms with Crippen LogP contribution in [-0.2, 0) is 22.7 Å². The zero-order chi connectivity index (χ0) is 21.6. The Morgan fingerprint density at radius 2 is 1.84 bits per heavy atom. The quantitative estimate of drug-likeness (QED) is 0.527. The SMILES string of the molecule is O=C(CC1Sc2ccc(Cl)cc2NC1=O)NCc1cccc(OCc2ccccc2)c1. The predicted molar refractivity (Wildman–Crippen MR) is 123 cm³/mol. The van der Waals surface area contributed by atoms with Crippen LogP contribution < -0.4 is 15.4 Å². The molecule has 0 saturated heterocycles. The maximum Gasteiger partial charge on any atom is 0.238 e. The number of benzene rings is 3. The Hall–Kier alpha value is -2.96. The van der Waals surface area contributed by atoms with Gasteiger partial charge in [-0.15, -0.1) is 11.8 Å². The number of halogens is 1. The first kappa shape index (κ1) is 21.3. The molecule has 0 bridgehead atoms. The van der Waals surface area contributed by atoms with Crippen molar-refractivity contribution in [2.45, 2.75) is 29.7 Å². The lowest BCUT2D eigenvalue weighted by molar-refractivity contribution is -0.124. The van der Waals surface area contributed by atoms with Gasteiger partial charge in [0.25, 0.3) is 0 Å². The third-order valence-electron chi connectivity index (χ3n) is 4.77. The third kappa shape index (κ3) is 5.81. The number of ether oxygens (including phenoxy) is 1. The molecule has 0 spiro atoms. The number of hydrogen-bond acceptors (Lipinski definition) is 4. The highest BCUT2D eigenvalue weighted by Gasteiger charge is 2.29. The Morgan fingerprint density at radius 1 is 1.03 bits per heavy atom. The minimum atomic E-state index is -0.478. The zero-order valence-corrected chi connectivity index (χ0v) is 18.2. The van der Waals surface area contributed by atoms with E-state index in [-0.39, 0.29) is 18.2 Å². The van der Waals surface area contributed by atoms with E-state index in [1.165, 1.54) is 11.8 Å². The summed E-state index contributed by atoms with van der Waals surface area (Å²) < 4.78 is 5.84. The lowest BCUT2D eigenvalue weighted by atomic mass is 10.2. The summed E-state index contributed by atoms with van der Waals surface area (Å²) >= 11 is 7.35. The van der Waals surface area contributed by atoms with Crippen LogP contribution in [0.1, 0.15) is 17.5 Å². The van der Waals surface area contributed by atoms with Gasteiger partial charge in [-0.3, -0.25) is 9.59 Å². The lowest BCUT2D eigenvalue weighted by Gasteiger charge is -2.23. The van der Waals surface area contributed by atoms with Crippen LogP contribution in [0.3, 0.4) is 0 Å². The summed E-state index contributed by atoms with van der Waals surface area (Å²) in [4.78, 5) is 25.7. The molecule has 0 aromatic heterocycles. The van der Waals surface area contributed by atoms with Crippen molar-refractivity contribution in [2.75, 3.05) is 5.32 Å². The van der Waals surface area contributed by atoms with E-state index in [1.807, 2.05) is 60.7 Å². The number of carbonyl (C=O) groups excluding carboxylic acids is 2. The zero-order valence-electron chi connectivity index (χ0n) is 16.6. The fourth-order valence-corrected chi connectivity index (χ4v) is 4.45. The first-order valence-corrected chi connectivity index (χ1v) is 11.1. The molecule has 1 unspecified atom stereocenters. The maximum absolute atomic E-state index is 12.4. The van der Waals surface area contributed by atoms with Gasteiger partial charge < -0.3 is 15.4 Å². The van der Waals surface area contributed by atoms with Crippen LogP contribution in [0.4, 0.5) is 5.69 Å². The number of anilines is 1. The van der Waals surface area contributed by atoms with Crippen molar-refractivity contribution < 1.29 is 14.3 Å². The van der Waals surface area contributed by atoms with Gasteiger partial charge in [-0.2, -0.15) is 0 Å². The van der Waals surface area contributed by atoms with Crippen LogP contribution in [-0.4, -0.2) is 17.1 Å². The smallest absolute Gasteiger partial charge is 0.238 e. The van der Waals surface area contributed by atoms with Crippen molar-refractivity contribution in [3.05, 3.63) is 88.9 Å². The van der Waals surface area contributed by atoms with E-state index in [0.717, 1.165) is 21.8 Å². The minimum Gasteiger partial charge on any atom is -0.489 e. The van der Waals surface area contributed by atoms with Crippen LogP contribution in [0.2, 0.25) is 5.02 Å². The van der Waals surface area contributed by atoms with Gasteiger partial charge in [0.2, 0.25) is 11.8 Å². The molecule has 31 heavy (non-hydrogen) atoms. The van der Waals surface area contributed by atoms with E-state index < -0.39 is 5.25 Å². The number of nitrogens with one attached hydrogen (secondary N) is 2. The fourth-order valence-electron chi connectivity index (χ4n) is 3.18. The van der Waals surface area contributed by atoms with Gasteiger partial charge in [-0.25, -0.2) is 0 Å². The molecule has 1 aliphatic rings. The summed E-state index contributed by atoms with van der Waals surface area (Å²) in [7, 11) is 0. The molecule has 158 valence electrons. The van der Waals surface area contributed by atoms with Crippen molar-refractivity contribution in [3.8, 4) is 5.75 Å². The van der Waals surface area contributed by atoms with Crippen molar-refractivity contribution in [1.29, 1.82) is 0 Å². The molecule has 1 atom stereocenters. The summed E-state index contributed by atoms with van der Waals surface area (Å²) in [5, 5.41) is 5.80. The highest BCUT2D eigenvalue weighted by Crippen LogP contribution is 2.38. The molecule has 3 aromatic carbocycles. The monoisotopic (exact) mass is 452 g/mol. The second-order valence-electron chi connectivity index (χ2n) is 7.14. The molecule has 1 heterocycles. The number of amides is 2. The Morgan fingerprint density at radius 3 is 2.68 bits per heavy atom. The molecule has 0 saturated carbocycles. The molecule has 0 radical (unpaired) electrons. The fraction of sp³-hybridized carbons (Fsp3) is 0.167. The van der Waals surface area contributed by atoms with Crippen LogP contribution in [0.15, 0.2) is 77.7 Å². The van der Waals surface area contributed by atoms with E-state index in [2.05, 4.69) is 10.6 Å². The third-order valence-corrected chi connectivity index (χ3v) is 6.28. The number of fused-ring (bicyclic) bond motifs is 1. The largest absolute Gasteiger partial charge is 0.489 e. The number of rotatable bonds is 7. The number of carbonyl (C=O) groups is 2. The van der Waals surface area contributed by atoms with Crippen molar-refractivity contribution >= 4 is 40.9 Å². The molecule has 4 rings (SSSR count). The van der Waals surface area contributed by atoms with Gasteiger partial charge in [-0.1, -0.05) is 54.1 Å². The van der Waals surface area contributed by atoms with E-state index in [0.29, 0.717) is 23.9 Å². The van der Waals surface area contributed by atoms with Gasteiger partial charge in [0.1, 0.15) is 12.4 Å². The molecule has 0 aliphatic carbocycles. The normalized spacial score (nSPS) is 15.0. The minimum absolute atomic E-state index is 0.1000. The lowest BCUT2D eigenvalue weighted by Crippen LogP contribution is -2.34. The molecule has 2 N–H and O–H groups in total. The first-order valence-electron chi connectivity index (χ1n) is 9.86. The predicted octanol–water partition coefficient (Wildman–Crippen LogP) is 5.04. The summed E-state index contributed by atoms with van der Waals surface area (Å²) in [5.74, 6) is 0.375. The average Bonchev–Trinajstić information content (AvgIpc) is 2.78. The van der Waals surface area contributed by atoms with Crippen LogP contribution in [0.5, 0.6) is 5.75 Å². The summed E-state index contributed by atoms with van der Waals surface area (Å²) in [6.07, 6.45) is 0.1000. The molecule has 3 aromatic rings. The first-order chi connectivity index (χ1) is 15.1. The Bertz CT molecular complexity index is 1090. The van der Waals surface area contributed by atoms with Gasteiger partial charge >= 0.3 is 0 Å². The molecular weight excluding hydrogens is 432 g/mol. The molecule has 2 amide bonds. The molecule has 7 heteroatoms. The van der Waals surface area contributed by atoms with Crippen LogP contribution in [0, 0.1) is 0 Å². The molecule has 1 aliphatic heterocycles. The topological polar surface area (TPSA) is 67.4 Å². The maximum atomic E-state index is 12.4. The van der Waals surface area contributed by atoms with Crippen molar-refractivity contribution in [2.24, 2.45) is 0 Å². The van der Waals surface area contributed by atoms with Gasteiger partial charge in [0, 0.05) is 22.9 Å². The van der Waals surface area contributed by atoms with E-state index >= 15 is 0 Å². The molecule has 5 nitrogen and oxygen atoms in total. The van der Waals surface area contributed by atoms with Gasteiger partial charge in [-0.05, 0) is 41.5 Å². The molecule has 0 fully saturated rings. The highest BCUT2D eigenvalue weighted by atomic mass is 35.5. The summed E-state index contributed by atoms with van der Waals surface area (Å²) in [6.45, 7) is 0.851. The van der Waals surface area contributed by atoms with Crippen LogP contribution >= 0.6 is 23.4 Å². The second kappa shape index (κ2) is 9.90. The van der Waals surface area contributed by atoms with Crippen molar-refractivity contribution in [1.82, 2.24) is 5.32 Å². The average molecular weight is 453 g/mol. The van der Waals surface area contributed by atoms with Gasteiger partial charge in [0.05, 0.1) is 10.9 Å². The van der Waals surface area contributed by atoms with Crippen LogP contribution in [0.25, 0.3) is 0 Å². The van der Waals surface area contributed by atoms with E-state index in [4.69, 9.17) is 16.3 Å². The Kier molecular flexibility index (Phi) is 6.79. The Labute approximate surface area is 190 Å². The van der Waals surface area contributed by atoms with Gasteiger partial charge in [0.15, 0.2) is 0 Å².